The van der Waals surface area contributed by atoms with E-state index in [1.165, 1.54) is 24.8 Å². The number of carboxylic acids is 2. The third-order valence-corrected chi connectivity index (χ3v) is 6.35. The van der Waals surface area contributed by atoms with E-state index in [4.69, 9.17) is 14.9 Å². The van der Waals surface area contributed by atoms with Crippen LogP contribution in [0.5, 0.6) is 5.75 Å². The Hall–Kier alpha value is -2.93. The highest BCUT2D eigenvalue weighted by molar-refractivity contribution is 5.75. The molecule has 1 aliphatic rings. The van der Waals surface area contributed by atoms with Gasteiger partial charge in [-0.25, -0.2) is 0 Å². The largest absolute Gasteiger partial charge is 0.497 e. The van der Waals surface area contributed by atoms with E-state index in [1.807, 2.05) is 18.3 Å². The summed E-state index contributed by atoms with van der Waals surface area (Å²) in [7, 11) is 1.72. The molecular formula is C28H40N2O5. The summed E-state index contributed by atoms with van der Waals surface area (Å²) in [6.07, 6.45) is 6.23. The monoisotopic (exact) mass is 484 g/mol. The van der Waals surface area contributed by atoms with Gasteiger partial charge < -0.3 is 20.3 Å². The number of nitrogens with one attached hydrogen (secondary N) is 1. The van der Waals surface area contributed by atoms with E-state index in [9.17, 15) is 9.59 Å². The number of carbonyl (C=O) groups is 2. The Balaban J connectivity index is 0.000000466. The number of hydrogen-bond donors (Lipinski definition) is 3. The summed E-state index contributed by atoms with van der Waals surface area (Å²) >= 11 is 0. The maximum atomic E-state index is 9.64. The normalized spacial score (nSPS) is 19.7. The van der Waals surface area contributed by atoms with E-state index >= 15 is 0 Å². The van der Waals surface area contributed by atoms with Crippen LogP contribution in [-0.2, 0) is 9.59 Å². The van der Waals surface area contributed by atoms with Gasteiger partial charge in [-0.15, -0.1) is 0 Å². The number of nitrogens with zero attached hydrogens (tertiary/aromatic N) is 1. The Labute approximate surface area is 208 Å². The number of rotatable bonds is 10. The molecule has 0 spiro atoms. The minimum absolute atomic E-state index is 0.280. The molecule has 1 heterocycles. The Morgan fingerprint density at radius 3 is 2.40 bits per heavy atom. The third-order valence-electron chi connectivity index (χ3n) is 6.35. The second-order valence-corrected chi connectivity index (χ2v) is 10.2. The number of ether oxygens (including phenoxy) is 1. The van der Waals surface area contributed by atoms with Gasteiger partial charge >= 0.3 is 11.9 Å². The predicted octanol–water partition coefficient (Wildman–Crippen LogP) is 5.35. The van der Waals surface area contributed by atoms with Crippen molar-refractivity contribution in [3.8, 4) is 5.75 Å². The Bertz CT molecular complexity index is 918. The van der Waals surface area contributed by atoms with Crippen LogP contribution in [0.1, 0.15) is 76.5 Å². The molecule has 192 valence electrons. The van der Waals surface area contributed by atoms with Crippen molar-refractivity contribution < 1.29 is 24.5 Å². The first-order valence-electron chi connectivity index (χ1n) is 12.3. The second-order valence-electron chi connectivity index (χ2n) is 10.2. The summed E-state index contributed by atoms with van der Waals surface area (Å²) in [6.45, 7) is 8.21. The molecule has 1 fully saturated rings. The minimum Gasteiger partial charge on any atom is -0.497 e. The molecule has 0 bridgehead atoms. The number of aliphatic carboxylic acids is 2. The number of benzene rings is 1. The van der Waals surface area contributed by atoms with Crippen molar-refractivity contribution in [2.24, 2.45) is 11.3 Å². The Kier molecular flexibility index (Phi) is 11.2. The van der Waals surface area contributed by atoms with Crippen LogP contribution in [0.3, 0.4) is 0 Å². The molecule has 0 radical (unpaired) electrons. The van der Waals surface area contributed by atoms with E-state index in [2.05, 4.69) is 61.4 Å². The molecule has 7 heteroatoms. The van der Waals surface area contributed by atoms with Crippen LogP contribution in [-0.4, -0.2) is 46.8 Å². The molecular weight excluding hydrogens is 444 g/mol. The van der Waals surface area contributed by atoms with Crippen molar-refractivity contribution in [2.75, 3.05) is 13.7 Å². The van der Waals surface area contributed by atoms with Gasteiger partial charge in [-0.1, -0.05) is 39.0 Å². The Morgan fingerprint density at radius 1 is 1.11 bits per heavy atom. The quantitative estimate of drug-likeness (QED) is 0.417. The molecule has 1 aromatic carbocycles. The van der Waals surface area contributed by atoms with E-state index < -0.39 is 11.9 Å². The number of pyridine rings is 1. The van der Waals surface area contributed by atoms with Crippen LogP contribution in [0.15, 0.2) is 48.7 Å². The van der Waals surface area contributed by atoms with E-state index in [-0.39, 0.29) is 18.8 Å². The van der Waals surface area contributed by atoms with Gasteiger partial charge in [0.25, 0.3) is 0 Å². The van der Waals surface area contributed by atoms with Gasteiger partial charge in [-0.3, -0.25) is 14.6 Å². The maximum absolute atomic E-state index is 9.64. The fourth-order valence-corrected chi connectivity index (χ4v) is 5.07. The molecule has 3 atom stereocenters. The molecule has 0 saturated heterocycles. The lowest BCUT2D eigenvalue weighted by Crippen LogP contribution is -2.40. The van der Waals surface area contributed by atoms with Crippen LogP contribution in [0, 0.1) is 11.3 Å². The molecule has 1 saturated carbocycles. The Morgan fingerprint density at radius 2 is 1.83 bits per heavy atom. The SMILES string of the molecule is COc1cccc(C(CCNC2CC(C)CC(C)(C)C2)c2ccccn2)c1.O=C(O)CCC(=O)O. The number of aromatic nitrogens is 1. The summed E-state index contributed by atoms with van der Waals surface area (Å²) in [6, 6.07) is 15.2. The van der Waals surface area contributed by atoms with Crippen LogP contribution in [0.25, 0.3) is 0 Å². The lowest BCUT2D eigenvalue weighted by Gasteiger charge is -2.39. The van der Waals surface area contributed by atoms with Crippen LogP contribution >= 0.6 is 0 Å². The van der Waals surface area contributed by atoms with Gasteiger partial charge in [0.05, 0.1) is 20.0 Å². The highest BCUT2D eigenvalue weighted by Crippen LogP contribution is 2.38. The van der Waals surface area contributed by atoms with Crippen LogP contribution in [0.4, 0.5) is 0 Å². The molecule has 3 rings (SSSR count). The summed E-state index contributed by atoms with van der Waals surface area (Å²) < 4.78 is 5.44. The molecule has 35 heavy (non-hydrogen) atoms. The van der Waals surface area contributed by atoms with Gasteiger partial charge in [0.1, 0.15) is 5.75 Å². The molecule has 1 aliphatic carbocycles. The molecule has 3 unspecified atom stereocenters. The van der Waals surface area contributed by atoms with Crippen LogP contribution < -0.4 is 10.1 Å². The van der Waals surface area contributed by atoms with E-state index in [1.54, 1.807) is 7.11 Å². The lowest BCUT2D eigenvalue weighted by atomic mass is 9.70. The molecule has 1 aromatic heterocycles. The topological polar surface area (TPSA) is 109 Å². The number of carboxylic acid groups (broad SMARTS) is 2. The number of methoxy groups -OCH3 is 1. The predicted molar refractivity (Wildman–Crippen MR) is 137 cm³/mol. The first-order valence-corrected chi connectivity index (χ1v) is 12.3. The first kappa shape index (κ1) is 28.3. The van der Waals surface area contributed by atoms with Gasteiger partial charge in [0, 0.05) is 23.9 Å². The van der Waals surface area contributed by atoms with Crippen molar-refractivity contribution in [3.05, 3.63) is 59.9 Å². The van der Waals surface area contributed by atoms with Gasteiger partial charge in [-0.05, 0) is 73.4 Å². The van der Waals surface area contributed by atoms with Crippen molar-refractivity contribution in [3.63, 3.8) is 0 Å². The maximum Gasteiger partial charge on any atom is 0.303 e. The molecule has 0 aliphatic heterocycles. The summed E-state index contributed by atoms with van der Waals surface area (Å²) in [5, 5.41) is 19.6. The van der Waals surface area contributed by atoms with E-state index in [0.29, 0.717) is 11.5 Å². The van der Waals surface area contributed by atoms with Gasteiger partial charge in [0.2, 0.25) is 0 Å². The highest BCUT2D eigenvalue weighted by atomic mass is 16.5. The lowest BCUT2D eigenvalue weighted by molar-refractivity contribution is -0.143. The third kappa shape index (κ3) is 10.5. The van der Waals surface area contributed by atoms with Gasteiger partial charge in [0.15, 0.2) is 0 Å². The summed E-state index contributed by atoms with van der Waals surface area (Å²) in [4.78, 5) is 23.9. The smallest absolute Gasteiger partial charge is 0.303 e. The zero-order valence-electron chi connectivity index (χ0n) is 21.4. The summed E-state index contributed by atoms with van der Waals surface area (Å²) in [5.74, 6) is -0.164. The number of hydrogen-bond acceptors (Lipinski definition) is 5. The minimum atomic E-state index is -1.08. The van der Waals surface area contributed by atoms with E-state index in [0.717, 1.165) is 30.3 Å². The zero-order valence-corrected chi connectivity index (χ0v) is 21.4. The molecule has 3 N–H and O–H groups in total. The fourth-order valence-electron chi connectivity index (χ4n) is 5.07. The van der Waals surface area contributed by atoms with Crippen LogP contribution in [0.2, 0.25) is 0 Å². The fraction of sp³-hybridized carbons (Fsp3) is 0.536. The highest BCUT2D eigenvalue weighted by Gasteiger charge is 2.31. The molecule has 7 nitrogen and oxygen atoms in total. The van der Waals surface area contributed by atoms with Gasteiger partial charge in [-0.2, -0.15) is 0 Å². The second kappa shape index (κ2) is 13.8. The van der Waals surface area contributed by atoms with Crippen molar-refractivity contribution in [2.45, 2.75) is 71.3 Å². The van der Waals surface area contributed by atoms with Crippen molar-refractivity contribution in [1.29, 1.82) is 0 Å². The van der Waals surface area contributed by atoms with Crippen molar-refractivity contribution in [1.82, 2.24) is 10.3 Å². The van der Waals surface area contributed by atoms with Crippen molar-refractivity contribution >= 4 is 11.9 Å². The average molecular weight is 485 g/mol. The first-order chi connectivity index (χ1) is 16.6. The zero-order chi connectivity index (χ0) is 25.8. The average Bonchev–Trinajstić information content (AvgIpc) is 2.80. The molecule has 0 amide bonds. The standard InChI is InChI=1S/C24H34N2O.C4H6O4/c1-18-14-20(17-24(2,3)16-18)25-13-11-22(23-10-5-6-12-26-23)19-8-7-9-21(15-19)27-4;5-3(6)1-2-4(7)8/h5-10,12,15,18,20,22,25H,11,13-14,16-17H2,1-4H3;1-2H2,(H,5,6)(H,7,8). The molecule has 2 aromatic rings. The summed E-state index contributed by atoms with van der Waals surface area (Å²) in [5.41, 5.74) is 2.85.